The van der Waals surface area contributed by atoms with Crippen LogP contribution in [-0.4, -0.2) is 23.8 Å². The van der Waals surface area contributed by atoms with Crippen molar-refractivity contribution in [2.24, 2.45) is 0 Å². The lowest BCUT2D eigenvalue weighted by molar-refractivity contribution is -0.384. The van der Waals surface area contributed by atoms with Gasteiger partial charge in [-0.1, -0.05) is 11.6 Å². The first-order valence-corrected chi connectivity index (χ1v) is 8.14. The third-order valence-corrected chi connectivity index (χ3v) is 4.21. The molecule has 7 heteroatoms. The normalized spacial score (nSPS) is 10.2. The lowest BCUT2D eigenvalue weighted by Gasteiger charge is -2.10. The van der Waals surface area contributed by atoms with E-state index in [1.165, 1.54) is 23.9 Å². The zero-order chi connectivity index (χ0) is 17.5. The summed E-state index contributed by atoms with van der Waals surface area (Å²) in [5.41, 5.74) is 1.89. The van der Waals surface area contributed by atoms with E-state index in [1.54, 1.807) is 19.2 Å². The van der Waals surface area contributed by atoms with Gasteiger partial charge in [0.15, 0.2) is 0 Å². The van der Waals surface area contributed by atoms with Gasteiger partial charge in [-0.2, -0.15) is 0 Å². The fraction of sp³-hybridized carbons (Fsp3) is 0.235. The molecular weight excluding hydrogens is 330 g/mol. The van der Waals surface area contributed by atoms with Gasteiger partial charge in [-0.05, 0) is 31.2 Å². The fourth-order valence-electron chi connectivity index (χ4n) is 2.03. The van der Waals surface area contributed by atoms with Gasteiger partial charge in [0.1, 0.15) is 12.4 Å². The molecule has 0 saturated carbocycles. The van der Waals surface area contributed by atoms with Crippen molar-refractivity contribution in [3.05, 3.63) is 63.7 Å². The molecule has 0 aromatic heterocycles. The Kier molecular flexibility index (Phi) is 6.20. The van der Waals surface area contributed by atoms with Gasteiger partial charge in [0.2, 0.25) is 0 Å². The number of carbonyl (C=O) groups excluding carboxylic acids is 1. The number of thioether (sulfide) groups is 1. The van der Waals surface area contributed by atoms with Crippen LogP contribution in [0.3, 0.4) is 0 Å². The third-order valence-electron chi connectivity index (χ3n) is 3.23. The van der Waals surface area contributed by atoms with Crippen molar-refractivity contribution in [2.45, 2.75) is 18.4 Å². The van der Waals surface area contributed by atoms with Crippen LogP contribution in [0.5, 0.6) is 5.75 Å². The third kappa shape index (κ3) is 4.99. The van der Waals surface area contributed by atoms with Gasteiger partial charge in [0, 0.05) is 22.6 Å². The Bertz CT molecular complexity index is 730. The number of non-ortho nitro benzene ring substituents is 1. The number of aryl methyl sites for hydroxylation is 1. The van der Waals surface area contributed by atoms with E-state index in [2.05, 4.69) is 0 Å². The summed E-state index contributed by atoms with van der Waals surface area (Å²) in [6.07, 6.45) is 0. The summed E-state index contributed by atoms with van der Waals surface area (Å²) in [7, 11) is 1.57. The Morgan fingerprint density at radius 2 is 1.92 bits per heavy atom. The number of nitro benzene ring substituents is 1. The minimum atomic E-state index is -0.460. The summed E-state index contributed by atoms with van der Waals surface area (Å²) in [5.74, 6) is 0.449. The van der Waals surface area contributed by atoms with Gasteiger partial charge in [0.05, 0.1) is 17.8 Å². The van der Waals surface area contributed by atoms with Gasteiger partial charge in [-0.3, -0.25) is 14.9 Å². The summed E-state index contributed by atoms with van der Waals surface area (Å²) in [6, 6.07) is 11.7. The van der Waals surface area contributed by atoms with Crippen LogP contribution >= 0.6 is 11.8 Å². The maximum atomic E-state index is 11.9. The Labute approximate surface area is 143 Å². The Morgan fingerprint density at radius 1 is 1.21 bits per heavy atom. The average Bonchev–Trinajstić information content (AvgIpc) is 2.58. The van der Waals surface area contributed by atoms with Crippen LogP contribution in [0.25, 0.3) is 0 Å². The van der Waals surface area contributed by atoms with Crippen LogP contribution in [0, 0.1) is 17.0 Å². The van der Waals surface area contributed by atoms with Crippen molar-refractivity contribution in [2.75, 3.05) is 12.9 Å². The molecule has 0 N–H and O–H groups in total. The summed E-state index contributed by atoms with van der Waals surface area (Å²) in [5, 5.41) is 10.6. The second kappa shape index (κ2) is 8.35. The first-order chi connectivity index (χ1) is 11.5. The highest BCUT2D eigenvalue weighted by atomic mass is 32.2. The maximum absolute atomic E-state index is 11.9. The molecule has 0 spiro atoms. The molecule has 0 amide bonds. The average molecular weight is 347 g/mol. The first-order valence-electron chi connectivity index (χ1n) is 7.16. The van der Waals surface area contributed by atoms with E-state index in [1.807, 2.05) is 25.1 Å². The lowest BCUT2D eigenvalue weighted by atomic mass is 10.1. The van der Waals surface area contributed by atoms with E-state index in [-0.39, 0.29) is 24.0 Å². The molecule has 2 aromatic rings. The molecule has 6 nitrogen and oxygen atoms in total. The van der Waals surface area contributed by atoms with E-state index in [0.29, 0.717) is 5.75 Å². The number of carbonyl (C=O) groups is 1. The van der Waals surface area contributed by atoms with Crippen molar-refractivity contribution in [1.82, 2.24) is 0 Å². The second-order valence-electron chi connectivity index (χ2n) is 5.02. The second-order valence-corrected chi connectivity index (χ2v) is 6.06. The number of rotatable bonds is 7. The number of esters is 1. The van der Waals surface area contributed by atoms with Crippen molar-refractivity contribution < 1.29 is 19.2 Å². The number of nitro groups is 1. The number of ether oxygens (including phenoxy) is 2. The number of nitrogens with zero attached hydrogens (tertiary/aromatic N) is 1. The molecule has 2 rings (SSSR count). The molecule has 0 aliphatic carbocycles. The number of hydrogen-bond acceptors (Lipinski definition) is 6. The smallest absolute Gasteiger partial charge is 0.316 e. The van der Waals surface area contributed by atoms with Crippen LogP contribution in [-0.2, 0) is 16.1 Å². The van der Waals surface area contributed by atoms with Gasteiger partial charge in [-0.25, -0.2) is 0 Å². The molecule has 0 heterocycles. The predicted molar refractivity (Wildman–Crippen MR) is 91.3 cm³/mol. The van der Waals surface area contributed by atoms with Crippen LogP contribution in [0.15, 0.2) is 47.4 Å². The lowest BCUT2D eigenvalue weighted by Crippen LogP contribution is -2.08. The van der Waals surface area contributed by atoms with E-state index >= 15 is 0 Å². The Hall–Kier alpha value is -2.54. The maximum Gasteiger partial charge on any atom is 0.316 e. The van der Waals surface area contributed by atoms with Gasteiger partial charge >= 0.3 is 5.97 Å². The first kappa shape index (κ1) is 17.8. The van der Waals surface area contributed by atoms with Crippen LogP contribution < -0.4 is 4.74 Å². The Balaban J connectivity index is 1.85. The van der Waals surface area contributed by atoms with Crippen molar-refractivity contribution >= 4 is 23.4 Å². The van der Waals surface area contributed by atoms with Crippen LogP contribution in [0.1, 0.15) is 11.1 Å². The molecule has 2 aromatic carbocycles. The zero-order valence-electron chi connectivity index (χ0n) is 13.4. The molecule has 0 unspecified atom stereocenters. The summed E-state index contributed by atoms with van der Waals surface area (Å²) in [4.78, 5) is 22.8. The highest BCUT2D eigenvalue weighted by Crippen LogP contribution is 2.23. The number of benzene rings is 2. The molecule has 0 aliphatic heterocycles. The van der Waals surface area contributed by atoms with Gasteiger partial charge in [0.25, 0.3) is 5.69 Å². The topological polar surface area (TPSA) is 78.7 Å². The molecule has 24 heavy (non-hydrogen) atoms. The molecule has 0 atom stereocenters. The fourth-order valence-corrected chi connectivity index (χ4v) is 2.72. The minimum Gasteiger partial charge on any atom is -0.496 e. The molecule has 0 bridgehead atoms. The summed E-state index contributed by atoms with van der Waals surface area (Å²) < 4.78 is 10.5. The number of hydrogen-bond donors (Lipinski definition) is 0. The van der Waals surface area contributed by atoms with Crippen LogP contribution in [0.2, 0.25) is 0 Å². The van der Waals surface area contributed by atoms with E-state index in [0.717, 1.165) is 16.0 Å². The standard InChI is InChI=1S/C17H17NO5S/c1-12-3-8-16(22-2)13(9-12)10-23-17(19)11-24-15-6-4-14(5-7-15)18(20)21/h3-9H,10-11H2,1-2H3. The van der Waals surface area contributed by atoms with Gasteiger partial charge < -0.3 is 9.47 Å². The number of methoxy groups -OCH3 is 1. The van der Waals surface area contributed by atoms with E-state index < -0.39 is 4.92 Å². The highest BCUT2D eigenvalue weighted by molar-refractivity contribution is 8.00. The molecular formula is C17H17NO5S. The molecule has 0 radical (unpaired) electrons. The van der Waals surface area contributed by atoms with E-state index in [4.69, 9.17) is 9.47 Å². The van der Waals surface area contributed by atoms with Crippen molar-refractivity contribution in [3.8, 4) is 5.75 Å². The molecule has 0 fully saturated rings. The SMILES string of the molecule is COc1ccc(C)cc1COC(=O)CSc1ccc([N+](=O)[O-])cc1. The van der Waals surface area contributed by atoms with Crippen LogP contribution in [0.4, 0.5) is 5.69 Å². The predicted octanol–water partition coefficient (Wildman–Crippen LogP) is 3.75. The molecule has 0 aliphatic rings. The summed E-state index contributed by atoms with van der Waals surface area (Å²) in [6.45, 7) is 2.10. The van der Waals surface area contributed by atoms with Crippen molar-refractivity contribution in [3.63, 3.8) is 0 Å². The molecule has 126 valence electrons. The van der Waals surface area contributed by atoms with Gasteiger partial charge in [-0.15, -0.1) is 11.8 Å². The highest BCUT2D eigenvalue weighted by Gasteiger charge is 2.09. The largest absolute Gasteiger partial charge is 0.496 e. The quantitative estimate of drug-likeness (QED) is 0.328. The van der Waals surface area contributed by atoms with E-state index in [9.17, 15) is 14.9 Å². The minimum absolute atomic E-state index is 0.0217. The Morgan fingerprint density at radius 3 is 2.54 bits per heavy atom. The monoisotopic (exact) mass is 347 g/mol. The summed E-state index contributed by atoms with van der Waals surface area (Å²) >= 11 is 1.27. The van der Waals surface area contributed by atoms with Crippen molar-refractivity contribution in [1.29, 1.82) is 0 Å². The molecule has 0 saturated heterocycles. The zero-order valence-corrected chi connectivity index (χ0v) is 14.2.